The van der Waals surface area contributed by atoms with Crippen LogP contribution in [0.25, 0.3) is 0 Å². The smallest absolute Gasteiger partial charge is 0.350 e. The molecule has 1 aromatic rings. The quantitative estimate of drug-likeness (QED) is 0.576. The van der Waals surface area contributed by atoms with Gasteiger partial charge >= 0.3 is 11.4 Å². The topological polar surface area (TPSA) is 105 Å². The number of benzene rings is 1. The molecule has 1 rings (SSSR count). The lowest BCUT2D eigenvalue weighted by molar-refractivity contribution is -0.422. The second-order valence-corrected chi connectivity index (χ2v) is 2.94. The van der Waals surface area contributed by atoms with Gasteiger partial charge in [0.25, 0.3) is 0 Å². The van der Waals surface area contributed by atoms with Crippen molar-refractivity contribution >= 4 is 11.4 Å². The predicted octanol–water partition coefficient (Wildman–Crippen LogP) is 1.91. The van der Waals surface area contributed by atoms with Crippen LogP contribution in [0.15, 0.2) is 12.1 Å². The third kappa shape index (κ3) is 2.60. The van der Waals surface area contributed by atoms with Crippen molar-refractivity contribution in [2.75, 3.05) is 13.7 Å². The standard InChI is InChI=1S/C9H10N2O6/c1-3-17-9-5-7(11(14)15)6(10(12)13)4-8(9)16-2/h4-5H,3H2,1-2H3. The van der Waals surface area contributed by atoms with Gasteiger partial charge < -0.3 is 9.47 Å². The molecule has 0 aliphatic heterocycles. The van der Waals surface area contributed by atoms with E-state index in [0.717, 1.165) is 12.1 Å². The van der Waals surface area contributed by atoms with Crippen molar-refractivity contribution in [1.82, 2.24) is 0 Å². The molecular weight excluding hydrogens is 232 g/mol. The summed E-state index contributed by atoms with van der Waals surface area (Å²) in [5, 5.41) is 21.4. The summed E-state index contributed by atoms with van der Waals surface area (Å²) in [5.41, 5.74) is -1.26. The molecule has 0 bridgehead atoms. The molecule has 17 heavy (non-hydrogen) atoms. The zero-order valence-corrected chi connectivity index (χ0v) is 9.21. The van der Waals surface area contributed by atoms with Crippen LogP contribution in [0.3, 0.4) is 0 Å². The van der Waals surface area contributed by atoms with Crippen LogP contribution in [0.1, 0.15) is 6.92 Å². The van der Waals surface area contributed by atoms with E-state index in [2.05, 4.69) is 0 Å². The van der Waals surface area contributed by atoms with Crippen molar-refractivity contribution in [2.45, 2.75) is 6.92 Å². The average Bonchev–Trinajstić information content (AvgIpc) is 2.28. The Labute approximate surface area is 96.1 Å². The number of nitro benzene ring substituents is 2. The lowest BCUT2D eigenvalue weighted by Crippen LogP contribution is -2.01. The third-order valence-electron chi connectivity index (χ3n) is 1.95. The zero-order valence-electron chi connectivity index (χ0n) is 9.21. The van der Waals surface area contributed by atoms with Crippen LogP contribution in [-0.4, -0.2) is 23.6 Å². The predicted molar refractivity (Wildman–Crippen MR) is 57.5 cm³/mol. The van der Waals surface area contributed by atoms with Crippen molar-refractivity contribution in [1.29, 1.82) is 0 Å². The van der Waals surface area contributed by atoms with E-state index in [4.69, 9.17) is 9.47 Å². The Bertz CT molecular complexity index is 459. The Balaban J connectivity index is 3.42. The van der Waals surface area contributed by atoms with Gasteiger partial charge in [-0.05, 0) is 6.92 Å². The van der Waals surface area contributed by atoms with E-state index in [1.165, 1.54) is 7.11 Å². The van der Waals surface area contributed by atoms with E-state index < -0.39 is 21.2 Å². The number of ether oxygens (including phenoxy) is 2. The van der Waals surface area contributed by atoms with Crippen molar-refractivity contribution in [3.8, 4) is 11.5 Å². The first-order valence-corrected chi connectivity index (χ1v) is 4.64. The zero-order chi connectivity index (χ0) is 13.0. The summed E-state index contributed by atoms with van der Waals surface area (Å²) in [6.45, 7) is 1.96. The highest BCUT2D eigenvalue weighted by Crippen LogP contribution is 2.38. The van der Waals surface area contributed by atoms with Gasteiger partial charge in [0.2, 0.25) is 0 Å². The molecule has 8 nitrogen and oxygen atoms in total. The molecule has 0 saturated carbocycles. The van der Waals surface area contributed by atoms with E-state index in [1.54, 1.807) is 6.92 Å². The second-order valence-electron chi connectivity index (χ2n) is 2.94. The van der Waals surface area contributed by atoms with Crippen LogP contribution in [0.4, 0.5) is 11.4 Å². The van der Waals surface area contributed by atoms with Gasteiger partial charge in [-0.25, -0.2) is 0 Å². The van der Waals surface area contributed by atoms with E-state index in [9.17, 15) is 20.2 Å². The molecule has 0 fully saturated rings. The number of nitro groups is 2. The Hall–Kier alpha value is -2.38. The molecule has 0 radical (unpaired) electrons. The molecule has 0 N–H and O–H groups in total. The third-order valence-corrected chi connectivity index (χ3v) is 1.95. The fourth-order valence-electron chi connectivity index (χ4n) is 1.26. The summed E-state index contributed by atoms with van der Waals surface area (Å²) in [7, 11) is 1.30. The molecule has 0 unspecified atom stereocenters. The van der Waals surface area contributed by atoms with Gasteiger partial charge in [0.15, 0.2) is 11.5 Å². The monoisotopic (exact) mass is 242 g/mol. The minimum atomic E-state index is -0.837. The van der Waals surface area contributed by atoms with Crippen LogP contribution in [0.5, 0.6) is 11.5 Å². The van der Waals surface area contributed by atoms with Crippen LogP contribution < -0.4 is 9.47 Å². The molecule has 8 heteroatoms. The van der Waals surface area contributed by atoms with Gasteiger partial charge in [0.05, 0.1) is 35.7 Å². The fourth-order valence-corrected chi connectivity index (χ4v) is 1.26. The molecule has 0 amide bonds. The van der Waals surface area contributed by atoms with Gasteiger partial charge in [-0.1, -0.05) is 0 Å². The van der Waals surface area contributed by atoms with Gasteiger partial charge in [0.1, 0.15) is 0 Å². The second kappa shape index (κ2) is 5.10. The minimum absolute atomic E-state index is 0.0872. The number of hydrogen-bond acceptors (Lipinski definition) is 6. The van der Waals surface area contributed by atoms with Crippen molar-refractivity contribution < 1.29 is 19.3 Å². The first-order valence-electron chi connectivity index (χ1n) is 4.64. The van der Waals surface area contributed by atoms with E-state index >= 15 is 0 Å². The van der Waals surface area contributed by atoms with Crippen LogP contribution in [0, 0.1) is 20.2 Å². The number of rotatable bonds is 5. The first kappa shape index (κ1) is 12.7. The minimum Gasteiger partial charge on any atom is -0.493 e. The van der Waals surface area contributed by atoms with Crippen molar-refractivity contribution in [2.24, 2.45) is 0 Å². The van der Waals surface area contributed by atoms with Gasteiger partial charge in [-0.15, -0.1) is 0 Å². The number of nitrogens with zero attached hydrogens (tertiary/aromatic N) is 2. The Morgan fingerprint density at radius 1 is 1.12 bits per heavy atom. The molecular formula is C9H10N2O6. The van der Waals surface area contributed by atoms with Gasteiger partial charge in [0, 0.05) is 0 Å². The Kier molecular flexibility index (Phi) is 3.81. The largest absolute Gasteiger partial charge is 0.493 e. The Morgan fingerprint density at radius 3 is 1.94 bits per heavy atom. The van der Waals surface area contributed by atoms with Gasteiger partial charge in [-0.2, -0.15) is 0 Å². The molecule has 0 atom stereocenters. The molecule has 0 saturated heterocycles. The summed E-state index contributed by atoms with van der Waals surface area (Å²) in [6.07, 6.45) is 0. The maximum Gasteiger partial charge on any atom is 0.350 e. The molecule has 0 aliphatic rings. The highest BCUT2D eigenvalue weighted by atomic mass is 16.6. The molecule has 0 aromatic heterocycles. The van der Waals surface area contributed by atoms with E-state index in [1.807, 2.05) is 0 Å². The first-order chi connectivity index (χ1) is 8.01. The van der Waals surface area contributed by atoms with Crippen LogP contribution in [-0.2, 0) is 0 Å². The normalized spacial score (nSPS) is 9.76. The highest BCUT2D eigenvalue weighted by molar-refractivity contribution is 5.62. The molecule has 0 heterocycles. The molecule has 92 valence electrons. The molecule has 0 spiro atoms. The summed E-state index contributed by atoms with van der Waals surface area (Å²) in [4.78, 5) is 19.7. The summed E-state index contributed by atoms with van der Waals surface area (Å²) in [6, 6.07) is 1.96. The van der Waals surface area contributed by atoms with Crippen molar-refractivity contribution in [3.63, 3.8) is 0 Å². The molecule has 0 aliphatic carbocycles. The van der Waals surface area contributed by atoms with Crippen molar-refractivity contribution in [3.05, 3.63) is 32.4 Å². The summed E-state index contributed by atoms with van der Waals surface area (Å²) >= 11 is 0. The van der Waals surface area contributed by atoms with Crippen LogP contribution >= 0.6 is 0 Å². The van der Waals surface area contributed by atoms with E-state index in [0.29, 0.717) is 0 Å². The van der Waals surface area contributed by atoms with Crippen LogP contribution in [0.2, 0.25) is 0 Å². The lowest BCUT2D eigenvalue weighted by atomic mass is 10.2. The number of methoxy groups -OCH3 is 1. The van der Waals surface area contributed by atoms with Gasteiger partial charge in [-0.3, -0.25) is 20.2 Å². The summed E-state index contributed by atoms with van der Waals surface area (Å²) < 4.78 is 9.97. The SMILES string of the molecule is CCOc1cc([N+](=O)[O-])c([N+](=O)[O-])cc1OC. The highest BCUT2D eigenvalue weighted by Gasteiger charge is 2.27. The summed E-state index contributed by atoms with van der Waals surface area (Å²) in [5.74, 6) is 0.191. The Morgan fingerprint density at radius 2 is 1.59 bits per heavy atom. The lowest BCUT2D eigenvalue weighted by Gasteiger charge is -2.08. The number of hydrogen-bond donors (Lipinski definition) is 0. The maximum atomic E-state index is 10.7. The average molecular weight is 242 g/mol. The van der Waals surface area contributed by atoms with E-state index in [-0.39, 0.29) is 18.1 Å². The molecule has 1 aromatic carbocycles. The maximum absolute atomic E-state index is 10.7. The fraction of sp³-hybridized carbons (Fsp3) is 0.333.